The predicted molar refractivity (Wildman–Crippen MR) is 125 cm³/mol. The highest BCUT2D eigenvalue weighted by Gasteiger charge is 2.18. The van der Waals surface area contributed by atoms with Gasteiger partial charge in [-0.1, -0.05) is 48.5 Å². The van der Waals surface area contributed by atoms with Gasteiger partial charge in [0.25, 0.3) is 0 Å². The molecule has 0 atom stereocenters. The Kier molecular flexibility index (Phi) is 4.01. The van der Waals surface area contributed by atoms with Crippen LogP contribution in [0.2, 0.25) is 0 Å². The average Bonchev–Trinajstić information content (AvgIpc) is 2.82. The largest absolute Gasteiger partial charge is 0.456 e. The Hall–Kier alpha value is -4.51. The lowest BCUT2D eigenvalue weighted by Gasteiger charge is -2.12. The van der Waals surface area contributed by atoms with Crippen molar-refractivity contribution in [1.29, 1.82) is 0 Å². The van der Waals surface area contributed by atoms with Crippen molar-refractivity contribution in [3.8, 4) is 22.6 Å². The minimum atomic E-state index is -0.522. The second-order valence-corrected chi connectivity index (χ2v) is 7.51. The molecule has 0 radical (unpaired) electrons. The molecule has 0 aliphatic rings. The van der Waals surface area contributed by atoms with Gasteiger partial charge in [0, 0.05) is 40.2 Å². The lowest BCUT2D eigenvalue weighted by Crippen LogP contribution is -2.03. The van der Waals surface area contributed by atoms with Crippen LogP contribution in [0.25, 0.3) is 55.3 Å². The molecule has 0 amide bonds. The molecule has 0 aliphatic carbocycles. The maximum absolute atomic E-state index is 12.7. The van der Waals surface area contributed by atoms with Crippen molar-refractivity contribution in [3.05, 3.63) is 112 Å². The Morgan fingerprint density at radius 1 is 0.656 bits per heavy atom. The maximum Gasteiger partial charge on any atom is 0.336 e. The molecule has 3 aromatic carbocycles. The molecular formula is C27H15NO4. The van der Waals surface area contributed by atoms with Crippen LogP contribution in [0, 0.1) is 0 Å². The van der Waals surface area contributed by atoms with Gasteiger partial charge in [0.1, 0.15) is 16.9 Å². The number of nitrogens with zero attached hydrogens (tertiary/aromatic N) is 1. The van der Waals surface area contributed by atoms with Crippen LogP contribution in [0.15, 0.2) is 110 Å². The summed E-state index contributed by atoms with van der Waals surface area (Å²) in [5.41, 5.74) is 2.19. The zero-order valence-corrected chi connectivity index (χ0v) is 16.7. The summed E-state index contributed by atoms with van der Waals surface area (Å²) in [5.74, 6) is 0.305. The molecule has 0 saturated carbocycles. The SMILES string of the molecule is O=c1cc(-c2cc(=O)c3ccccc3o2)c2c(-c3nccc4ccccc34)cccc2o1. The first kappa shape index (κ1) is 18.3. The number of fused-ring (bicyclic) bond motifs is 3. The van der Waals surface area contributed by atoms with E-state index in [-0.39, 0.29) is 5.43 Å². The Balaban J connectivity index is 1.74. The number of hydrogen-bond acceptors (Lipinski definition) is 5. The van der Waals surface area contributed by atoms with Crippen molar-refractivity contribution in [2.45, 2.75) is 0 Å². The fraction of sp³-hybridized carbons (Fsp3) is 0. The summed E-state index contributed by atoms with van der Waals surface area (Å²) in [6, 6.07) is 25.2. The molecule has 6 rings (SSSR count). The van der Waals surface area contributed by atoms with Crippen LogP contribution in [-0.4, -0.2) is 4.98 Å². The zero-order valence-electron chi connectivity index (χ0n) is 16.7. The minimum absolute atomic E-state index is 0.177. The number of hydrogen-bond donors (Lipinski definition) is 0. The van der Waals surface area contributed by atoms with E-state index in [1.165, 1.54) is 12.1 Å². The third kappa shape index (κ3) is 2.83. The van der Waals surface area contributed by atoms with E-state index in [0.29, 0.717) is 33.3 Å². The molecule has 0 unspecified atom stereocenters. The third-order valence-corrected chi connectivity index (χ3v) is 5.60. The molecule has 3 aromatic heterocycles. The van der Waals surface area contributed by atoms with E-state index < -0.39 is 5.63 Å². The van der Waals surface area contributed by atoms with E-state index in [0.717, 1.165) is 22.0 Å². The third-order valence-electron chi connectivity index (χ3n) is 5.60. The molecule has 6 aromatic rings. The van der Waals surface area contributed by atoms with Crippen molar-refractivity contribution < 1.29 is 8.83 Å². The number of rotatable bonds is 2. The maximum atomic E-state index is 12.7. The summed E-state index contributed by atoms with van der Waals surface area (Å²) in [6.07, 6.45) is 1.76. The summed E-state index contributed by atoms with van der Waals surface area (Å²) in [7, 11) is 0. The Labute approximate surface area is 181 Å². The number of para-hydroxylation sites is 1. The van der Waals surface area contributed by atoms with Crippen molar-refractivity contribution >= 4 is 32.7 Å². The van der Waals surface area contributed by atoms with Crippen LogP contribution < -0.4 is 11.1 Å². The van der Waals surface area contributed by atoms with Crippen LogP contribution in [-0.2, 0) is 0 Å². The summed E-state index contributed by atoms with van der Waals surface area (Å²) >= 11 is 0. The fourth-order valence-corrected chi connectivity index (χ4v) is 4.18. The monoisotopic (exact) mass is 417 g/mol. The molecule has 32 heavy (non-hydrogen) atoms. The van der Waals surface area contributed by atoms with Crippen LogP contribution in [0.3, 0.4) is 0 Å². The molecule has 0 N–H and O–H groups in total. The Bertz CT molecular complexity index is 1770. The highest BCUT2D eigenvalue weighted by atomic mass is 16.4. The molecule has 0 aliphatic heterocycles. The van der Waals surface area contributed by atoms with Gasteiger partial charge in [-0.2, -0.15) is 0 Å². The quantitative estimate of drug-likeness (QED) is 0.334. The summed E-state index contributed by atoms with van der Waals surface area (Å²) in [5, 5.41) is 3.17. The molecule has 0 bridgehead atoms. The molecule has 0 saturated heterocycles. The van der Waals surface area contributed by atoms with Crippen molar-refractivity contribution in [3.63, 3.8) is 0 Å². The van der Waals surface area contributed by atoms with E-state index in [4.69, 9.17) is 8.83 Å². The molecule has 0 fully saturated rings. The van der Waals surface area contributed by atoms with E-state index in [2.05, 4.69) is 4.98 Å². The van der Waals surface area contributed by atoms with E-state index in [1.807, 2.05) is 42.5 Å². The summed E-state index contributed by atoms with van der Waals surface area (Å²) in [6.45, 7) is 0. The first-order valence-electron chi connectivity index (χ1n) is 10.1. The van der Waals surface area contributed by atoms with Crippen molar-refractivity contribution in [2.75, 3.05) is 0 Å². The highest BCUT2D eigenvalue weighted by Crippen LogP contribution is 2.37. The smallest absolute Gasteiger partial charge is 0.336 e. The molecule has 5 nitrogen and oxygen atoms in total. The Morgan fingerprint density at radius 3 is 2.34 bits per heavy atom. The number of benzene rings is 3. The van der Waals surface area contributed by atoms with Gasteiger partial charge in [0.15, 0.2) is 5.43 Å². The van der Waals surface area contributed by atoms with E-state index >= 15 is 0 Å². The van der Waals surface area contributed by atoms with Gasteiger partial charge in [-0.3, -0.25) is 9.78 Å². The van der Waals surface area contributed by atoms with Crippen LogP contribution in [0.5, 0.6) is 0 Å². The molecule has 3 heterocycles. The van der Waals surface area contributed by atoms with Gasteiger partial charge in [0.05, 0.1) is 11.1 Å². The van der Waals surface area contributed by atoms with Crippen LogP contribution in [0.4, 0.5) is 0 Å². The number of aromatic nitrogens is 1. The van der Waals surface area contributed by atoms with E-state index in [1.54, 1.807) is 36.5 Å². The standard InChI is InChI=1S/C27H15NO4/c29-21-15-24(31-22-10-4-3-8-18(21)22)20-14-25(30)32-23-11-5-9-19(26(20)23)27-17-7-2-1-6-16(17)12-13-28-27/h1-15H. The zero-order chi connectivity index (χ0) is 21.7. The van der Waals surface area contributed by atoms with Gasteiger partial charge >= 0.3 is 5.63 Å². The van der Waals surface area contributed by atoms with Gasteiger partial charge in [0.2, 0.25) is 0 Å². The predicted octanol–water partition coefficient (Wildman–Crippen LogP) is 5.78. The van der Waals surface area contributed by atoms with Gasteiger partial charge < -0.3 is 8.83 Å². The topological polar surface area (TPSA) is 73.3 Å². The minimum Gasteiger partial charge on any atom is -0.456 e. The highest BCUT2D eigenvalue weighted by molar-refractivity contribution is 6.07. The second kappa shape index (κ2) is 7.03. The molecule has 0 spiro atoms. The first-order chi connectivity index (χ1) is 15.7. The van der Waals surface area contributed by atoms with Crippen molar-refractivity contribution in [1.82, 2.24) is 4.98 Å². The van der Waals surface area contributed by atoms with Crippen molar-refractivity contribution in [2.24, 2.45) is 0 Å². The molecule has 152 valence electrons. The first-order valence-corrected chi connectivity index (χ1v) is 10.1. The lowest BCUT2D eigenvalue weighted by atomic mass is 9.96. The average molecular weight is 417 g/mol. The molecular weight excluding hydrogens is 402 g/mol. The summed E-state index contributed by atoms with van der Waals surface area (Å²) < 4.78 is 11.6. The lowest BCUT2D eigenvalue weighted by molar-refractivity contribution is 0.559. The van der Waals surface area contributed by atoms with Crippen LogP contribution in [0.1, 0.15) is 0 Å². The van der Waals surface area contributed by atoms with Gasteiger partial charge in [-0.25, -0.2) is 4.79 Å². The van der Waals surface area contributed by atoms with E-state index in [9.17, 15) is 9.59 Å². The number of pyridine rings is 1. The van der Waals surface area contributed by atoms with Gasteiger partial charge in [-0.05, 0) is 29.7 Å². The summed E-state index contributed by atoms with van der Waals surface area (Å²) in [4.78, 5) is 29.8. The second-order valence-electron chi connectivity index (χ2n) is 7.51. The Morgan fingerprint density at radius 2 is 1.44 bits per heavy atom. The molecule has 5 heteroatoms. The fourth-order valence-electron chi connectivity index (χ4n) is 4.18. The van der Waals surface area contributed by atoms with Gasteiger partial charge in [-0.15, -0.1) is 0 Å². The van der Waals surface area contributed by atoms with Crippen LogP contribution >= 0.6 is 0 Å². The normalized spacial score (nSPS) is 11.4.